The van der Waals surface area contributed by atoms with E-state index in [9.17, 15) is 4.79 Å². The molecule has 1 N–H and O–H groups in total. The highest BCUT2D eigenvalue weighted by Crippen LogP contribution is 2.07. The van der Waals surface area contributed by atoms with E-state index in [4.69, 9.17) is 5.11 Å². The third-order valence-corrected chi connectivity index (χ3v) is 3.19. The van der Waals surface area contributed by atoms with E-state index in [1.807, 2.05) is 49.1 Å². The van der Waals surface area contributed by atoms with E-state index >= 15 is 0 Å². The van der Waals surface area contributed by atoms with Crippen LogP contribution in [0.15, 0.2) is 30.3 Å². The van der Waals surface area contributed by atoms with Crippen LogP contribution in [0.5, 0.6) is 0 Å². The van der Waals surface area contributed by atoms with Crippen LogP contribution >= 0.6 is 0 Å². The average Bonchev–Trinajstić information content (AvgIpc) is 2.86. The van der Waals surface area contributed by atoms with E-state index in [0.29, 0.717) is 18.9 Å². The second kappa shape index (κ2) is 6.94. The first-order valence-electron chi connectivity index (χ1n) is 6.81. The maximum atomic E-state index is 10.9. The summed E-state index contributed by atoms with van der Waals surface area (Å²) in [7, 11) is 0. The molecule has 0 fully saturated rings. The van der Waals surface area contributed by atoms with Gasteiger partial charge in [0.25, 0.3) is 0 Å². The van der Waals surface area contributed by atoms with Gasteiger partial charge in [0.2, 0.25) is 0 Å². The molecule has 1 aromatic heterocycles. The highest BCUT2D eigenvalue weighted by Gasteiger charge is 2.17. The number of carboxylic acids is 1. The molecule has 112 valence electrons. The Balaban J connectivity index is 2.10. The lowest BCUT2D eigenvalue weighted by molar-refractivity contribution is -0.139. The monoisotopic (exact) mass is 289 g/mol. The Kier molecular flexibility index (Phi) is 4.99. The normalized spacial score (nSPS) is 11.2. The quantitative estimate of drug-likeness (QED) is 0.819. The van der Waals surface area contributed by atoms with Gasteiger partial charge >= 0.3 is 5.97 Å². The van der Waals surface area contributed by atoms with Gasteiger partial charge in [-0.2, -0.15) is 0 Å². The van der Waals surface area contributed by atoms with E-state index in [1.165, 1.54) is 0 Å². The summed E-state index contributed by atoms with van der Waals surface area (Å²) in [6.07, 6.45) is 0. The van der Waals surface area contributed by atoms with Crippen molar-refractivity contribution in [2.75, 3.05) is 6.54 Å². The Morgan fingerprint density at radius 2 is 2.05 bits per heavy atom. The standard InChI is InChI=1S/C14H19N5O2/c1-11(2)18(10-14(20)21)9-13-15-16-17-19(13)8-12-6-4-3-5-7-12/h3-7,11H,8-10H2,1-2H3,(H,20,21). The lowest BCUT2D eigenvalue weighted by Crippen LogP contribution is -2.36. The topological polar surface area (TPSA) is 84.1 Å². The summed E-state index contributed by atoms with van der Waals surface area (Å²) in [5, 5.41) is 20.7. The van der Waals surface area contributed by atoms with Gasteiger partial charge in [0, 0.05) is 6.04 Å². The molecule has 0 saturated carbocycles. The Morgan fingerprint density at radius 3 is 2.67 bits per heavy atom. The molecule has 7 heteroatoms. The Morgan fingerprint density at radius 1 is 1.33 bits per heavy atom. The van der Waals surface area contributed by atoms with Crippen molar-refractivity contribution in [3.05, 3.63) is 41.7 Å². The van der Waals surface area contributed by atoms with Crippen LogP contribution in [0.4, 0.5) is 0 Å². The molecule has 0 aliphatic heterocycles. The molecule has 2 aromatic rings. The van der Waals surface area contributed by atoms with Crippen molar-refractivity contribution in [3.63, 3.8) is 0 Å². The third-order valence-electron chi connectivity index (χ3n) is 3.19. The van der Waals surface area contributed by atoms with E-state index in [-0.39, 0.29) is 12.6 Å². The molecule has 0 radical (unpaired) electrons. The summed E-state index contributed by atoms with van der Waals surface area (Å²) in [6.45, 7) is 4.85. The first-order chi connectivity index (χ1) is 10.1. The molecule has 7 nitrogen and oxygen atoms in total. The van der Waals surface area contributed by atoms with Gasteiger partial charge in [0.05, 0.1) is 19.6 Å². The minimum atomic E-state index is -0.856. The number of aromatic nitrogens is 4. The fourth-order valence-corrected chi connectivity index (χ4v) is 1.99. The number of benzene rings is 1. The molecule has 0 saturated heterocycles. The van der Waals surface area contributed by atoms with Gasteiger partial charge in [-0.05, 0) is 29.8 Å². The number of hydrogen-bond acceptors (Lipinski definition) is 5. The van der Waals surface area contributed by atoms with Gasteiger partial charge in [-0.25, -0.2) is 4.68 Å². The highest BCUT2D eigenvalue weighted by molar-refractivity contribution is 5.69. The van der Waals surface area contributed by atoms with Gasteiger partial charge in [-0.1, -0.05) is 30.3 Å². The number of carbonyl (C=O) groups is 1. The predicted octanol–water partition coefficient (Wildman–Crippen LogP) is 1.02. The van der Waals surface area contributed by atoms with Gasteiger partial charge in [-0.3, -0.25) is 9.69 Å². The summed E-state index contributed by atoms with van der Waals surface area (Å²) in [5.41, 5.74) is 1.10. The summed E-state index contributed by atoms with van der Waals surface area (Å²) in [6, 6.07) is 9.99. The van der Waals surface area contributed by atoms with Crippen molar-refractivity contribution in [1.29, 1.82) is 0 Å². The van der Waals surface area contributed by atoms with Gasteiger partial charge in [0.1, 0.15) is 0 Å². The van der Waals surface area contributed by atoms with Crippen molar-refractivity contribution >= 4 is 5.97 Å². The molecule has 0 unspecified atom stereocenters. The molecule has 0 bridgehead atoms. The van der Waals surface area contributed by atoms with E-state index in [0.717, 1.165) is 5.56 Å². The summed E-state index contributed by atoms with van der Waals surface area (Å²) >= 11 is 0. The van der Waals surface area contributed by atoms with Gasteiger partial charge in [-0.15, -0.1) is 5.10 Å². The minimum Gasteiger partial charge on any atom is -0.480 e. The first kappa shape index (κ1) is 15.1. The van der Waals surface area contributed by atoms with Crippen LogP contribution in [-0.2, 0) is 17.9 Å². The summed E-state index contributed by atoms with van der Waals surface area (Å²) < 4.78 is 1.70. The molecule has 2 rings (SSSR count). The summed E-state index contributed by atoms with van der Waals surface area (Å²) in [5.74, 6) is -0.195. The minimum absolute atomic E-state index is 0.0319. The SMILES string of the molecule is CC(C)N(CC(=O)O)Cc1nnnn1Cc1ccccc1. The molecule has 1 heterocycles. The first-order valence-corrected chi connectivity index (χ1v) is 6.81. The lowest BCUT2D eigenvalue weighted by Gasteiger charge is -2.23. The Hall–Kier alpha value is -2.28. The fourth-order valence-electron chi connectivity index (χ4n) is 1.99. The van der Waals surface area contributed by atoms with E-state index < -0.39 is 5.97 Å². The highest BCUT2D eigenvalue weighted by atomic mass is 16.4. The molecule has 0 atom stereocenters. The zero-order valence-electron chi connectivity index (χ0n) is 12.2. The van der Waals surface area contributed by atoms with Crippen molar-refractivity contribution in [1.82, 2.24) is 25.1 Å². The maximum absolute atomic E-state index is 10.9. The third kappa shape index (κ3) is 4.35. The van der Waals surface area contributed by atoms with Crippen molar-refractivity contribution < 1.29 is 9.90 Å². The van der Waals surface area contributed by atoms with Crippen molar-refractivity contribution in [3.8, 4) is 0 Å². The predicted molar refractivity (Wildman–Crippen MR) is 76.5 cm³/mol. The number of rotatable bonds is 7. The average molecular weight is 289 g/mol. The number of nitrogens with zero attached hydrogens (tertiary/aromatic N) is 5. The van der Waals surface area contributed by atoms with Crippen molar-refractivity contribution in [2.24, 2.45) is 0 Å². The number of tetrazole rings is 1. The smallest absolute Gasteiger partial charge is 0.317 e. The molecule has 0 amide bonds. The fraction of sp³-hybridized carbons (Fsp3) is 0.429. The molecule has 0 aliphatic carbocycles. The van der Waals surface area contributed by atoms with Crippen LogP contribution in [0.1, 0.15) is 25.2 Å². The largest absolute Gasteiger partial charge is 0.480 e. The zero-order chi connectivity index (χ0) is 15.2. The molecule has 1 aromatic carbocycles. The second-order valence-electron chi connectivity index (χ2n) is 5.13. The summed E-state index contributed by atoms with van der Waals surface area (Å²) in [4.78, 5) is 12.7. The maximum Gasteiger partial charge on any atom is 0.317 e. The zero-order valence-corrected chi connectivity index (χ0v) is 12.2. The van der Waals surface area contributed by atoms with Crippen LogP contribution < -0.4 is 0 Å². The Bertz CT molecular complexity index is 582. The molecule has 0 aliphatic rings. The lowest BCUT2D eigenvalue weighted by atomic mass is 10.2. The number of carboxylic acid groups (broad SMARTS) is 1. The number of aliphatic carboxylic acids is 1. The van der Waals surface area contributed by atoms with E-state index in [2.05, 4.69) is 15.5 Å². The molecule has 21 heavy (non-hydrogen) atoms. The number of hydrogen-bond donors (Lipinski definition) is 1. The van der Waals surface area contributed by atoms with Gasteiger partial charge in [0.15, 0.2) is 5.82 Å². The van der Waals surface area contributed by atoms with Crippen LogP contribution in [0.2, 0.25) is 0 Å². The van der Waals surface area contributed by atoms with Crippen LogP contribution in [0, 0.1) is 0 Å². The van der Waals surface area contributed by atoms with E-state index in [1.54, 1.807) is 4.68 Å². The van der Waals surface area contributed by atoms with Crippen molar-refractivity contribution in [2.45, 2.75) is 33.0 Å². The van der Waals surface area contributed by atoms with Crippen LogP contribution in [-0.4, -0.2) is 48.8 Å². The molecular formula is C14H19N5O2. The Labute approximate surface area is 123 Å². The van der Waals surface area contributed by atoms with Gasteiger partial charge < -0.3 is 5.11 Å². The molecule has 0 spiro atoms. The second-order valence-corrected chi connectivity index (χ2v) is 5.13. The van der Waals surface area contributed by atoms with Crippen LogP contribution in [0.25, 0.3) is 0 Å². The molecular weight excluding hydrogens is 270 g/mol. The van der Waals surface area contributed by atoms with Crippen LogP contribution in [0.3, 0.4) is 0 Å².